The third kappa shape index (κ3) is 3.63. The molecule has 18 heavy (non-hydrogen) atoms. The van der Waals surface area contributed by atoms with E-state index < -0.39 is 15.8 Å². The minimum atomic E-state index is -3.52. The van der Waals surface area contributed by atoms with E-state index in [4.69, 9.17) is 10.5 Å². The highest BCUT2D eigenvalue weighted by Gasteiger charge is 2.16. The van der Waals surface area contributed by atoms with Crippen LogP contribution in [0.4, 0.5) is 5.69 Å². The first-order chi connectivity index (χ1) is 8.36. The minimum Gasteiger partial charge on any atom is -0.495 e. The molecule has 7 heteroatoms. The number of sulfone groups is 1. The molecule has 0 saturated heterocycles. The van der Waals surface area contributed by atoms with Crippen LogP contribution in [0.2, 0.25) is 0 Å². The van der Waals surface area contributed by atoms with Gasteiger partial charge in [-0.2, -0.15) is 0 Å². The molecular weight excluding hydrogens is 258 g/mol. The molecule has 0 bridgehead atoms. The molecular formula is C11H15NO5S. The van der Waals surface area contributed by atoms with Gasteiger partial charge in [-0.1, -0.05) is 0 Å². The average Bonchev–Trinajstić information content (AvgIpc) is 2.28. The van der Waals surface area contributed by atoms with Gasteiger partial charge in [0.25, 0.3) is 0 Å². The second-order valence-corrected chi connectivity index (χ2v) is 5.67. The molecule has 0 heterocycles. The minimum absolute atomic E-state index is 0.0768. The Hall–Kier alpha value is -1.76. The number of hydrogen-bond donors (Lipinski definition) is 1. The molecule has 0 fully saturated rings. The first kappa shape index (κ1) is 14.3. The van der Waals surface area contributed by atoms with Crippen LogP contribution in [-0.4, -0.2) is 33.9 Å². The molecule has 1 rings (SSSR count). The van der Waals surface area contributed by atoms with Crippen LogP contribution in [0.3, 0.4) is 0 Å². The number of nitrogen functional groups attached to an aromatic ring is 1. The van der Waals surface area contributed by atoms with Gasteiger partial charge in [-0.3, -0.25) is 4.79 Å². The molecule has 0 radical (unpaired) electrons. The van der Waals surface area contributed by atoms with Crippen LogP contribution in [0.25, 0.3) is 0 Å². The summed E-state index contributed by atoms with van der Waals surface area (Å²) in [6.07, 6.45) is 0. The lowest BCUT2D eigenvalue weighted by atomic mass is 10.3. The Morgan fingerprint density at radius 1 is 1.39 bits per heavy atom. The molecule has 0 aromatic heterocycles. The molecule has 0 saturated carbocycles. The molecule has 1 aromatic rings. The molecule has 0 unspecified atom stereocenters. The maximum absolute atomic E-state index is 11.9. The first-order valence-electron chi connectivity index (χ1n) is 5.16. The van der Waals surface area contributed by atoms with Crippen molar-refractivity contribution < 1.29 is 22.7 Å². The molecule has 0 aliphatic rings. The van der Waals surface area contributed by atoms with Crippen molar-refractivity contribution in [3.8, 4) is 5.75 Å². The third-order valence-electron chi connectivity index (χ3n) is 2.22. The van der Waals surface area contributed by atoms with Gasteiger partial charge < -0.3 is 15.2 Å². The maximum Gasteiger partial charge on any atom is 0.302 e. The quantitative estimate of drug-likeness (QED) is 0.624. The van der Waals surface area contributed by atoms with Crippen LogP contribution in [0.15, 0.2) is 23.1 Å². The third-order valence-corrected chi connectivity index (χ3v) is 3.89. The van der Waals surface area contributed by atoms with E-state index in [-0.39, 0.29) is 22.9 Å². The van der Waals surface area contributed by atoms with Crippen LogP contribution >= 0.6 is 0 Å². The van der Waals surface area contributed by atoms with Crippen LogP contribution in [-0.2, 0) is 19.4 Å². The zero-order valence-electron chi connectivity index (χ0n) is 10.2. The molecule has 0 amide bonds. The predicted octanol–water partition coefficient (Wildman–Crippen LogP) is 0.614. The average molecular weight is 273 g/mol. The van der Waals surface area contributed by atoms with E-state index in [1.165, 1.54) is 32.2 Å². The zero-order chi connectivity index (χ0) is 13.8. The molecule has 0 aliphatic heterocycles. The van der Waals surface area contributed by atoms with Gasteiger partial charge >= 0.3 is 5.97 Å². The predicted molar refractivity (Wildman–Crippen MR) is 66.1 cm³/mol. The lowest BCUT2D eigenvalue weighted by Crippen LogP contribution is -2.14. The fourth-order valence-corrected chi connectivity index (χ4v) is 2.44. The Balaban J connectivity index is 2.85. The Bertz CT molecular complexity index is 538. The van der Waals surface area contributed by atoms with E-state index in [0.29, 0.717) is 5.75 Å². The van der Waals surface area contributed by atoms with Crippen LogP contribution < -0.4 is 10.5 Å². The molecule has 100 valence electrons. The Labute approximate surface area is 106 Å². The summed E-state index contributed by atoms with van der Waals surface area (Å²) in [5.41, 5.74) is 5.87. The van der Waals surface area contributed by atoms with Gasteiger partial charge in [-0.25, -0.2) is 8.42 Å². The molecule has 2 N–H and O–H groups in total. The standard InChI is InChI=1S/C11H15NO5S/c1-8(13)17-5-6-18(14,15)9-3-4-11(16-2)10(12)7-9/h3-4,7H,5-6,12H2,1-2H3. The Kier molecular flexibility index (Phi) is 4.55. The summed E-state index contributed by atoms with van der Waals surface area (Å²) in [6, 6.07) is 4.20. The summed E-state index contributed by atoms with van der Waals surface area (Å²) in [6.45, 7) is 1.04. The molecule has 0 atom stereocenters. The van der Waals surface area contributed by atoms with Gasteiger partial charge in [0, 0.05) is 6.92 Å². The van der Waals surface area contributed by atoms with E-state index in [1.807, 2.05) is 0 Å². The first-order valence-corrected chi connectivity index (χ1v) is 6.81. The van der Waals surface area contributed by atoms with E-state index in [9.17, 15) is 13.2 Å². The van der Waals surface area contributed by atoms with Gasteiger partial charge in [0.2, 0.25) is 0 Å². The zero-order valence-corrected chi connectivity index (χ0v) is 11.0. The number of carbonyl (C=O) groups is 1. The Morgan fingerprint density at radius 2 is 2.06 bits per heavy atom. The summed E-state index contributed by atoms with van der Waals surface area (Å²) in [7, 11) is -2.07. The molecule has 0 aliphatic carbocycles. The van der Waals surface area contributed by atoms with Crippen molar-refractivity contribution in [1.82, 2.24) is 0 Å². The van der Waals surface area contributed by atoms with E-state index in [1.54, 1.807) is 0 Å². The number of esters is 1. The van der Waals surface area contributed by atoms with Gasteiger partial charge in [-0.05, 0) is 18.2 Å². The lowest BCUT2D eigenvalue weighted by molar-refractivity contribution is -0.140. The van der Waals surface area contributed by atoms with Crippen molar-refractivity contribution in [3.63, 3.8) is 0 Å². The van der Waals surface area contributed by atoms with Crippen molar-refractivity contribution in [2.75, 3.05) is 25.2 Å². The summed E-state index contributed by atoms with van der Waals surface area (Å²) in [4.78, 5) is 10.6. The monoisotopic (exact) mass is 273 g/mol. The van der Waals surface area contributed by atoms with Crippen molar-refractivity contribution in [2.24, 2.45) is 0 Å². The van der Waals surface area contributed by atoms with E-state index in [2.05, 4.69) is 4.74 Å². The largest absolute Gasteiger partial charge is 0.495 e. The van der Waals surface area contributed by atoms with Crippen LogP contribution in [0.1, 0.15) is 6.92 Å². The fourth-order valence-electron chi connectivity index (χ4n) is 1.32. The van der Waals surface area contributed by atoms with Crippen molar-refractivity contribution in [1.29, 1.82) is 0 Å². The second-order valence-electron chi connectivity index (χ2n) is 3.56. The summed E-state index contributed by atoms with van der Waals surface area (Å²) < 4.78 is 33.3. The summed E-state index contributed by atoms with van der Waals surface area (Å²) >= 11 is 0. The van der Waals surface area contributed by atoms with E-state index >= 15 is 0 Å². The molecule has 6 nitrogen and oxygen atoms in total. The van der Waals surface area contributed by atoms with Gasteiger partial charge in [-0.15, -0.1) is 0 Å². The number of hydrogen-bond acceptors (Lipinski definition) is 6. The van der Waals surface area contributed by atoms with Crippen LogP contribution in [0.5, 0.6) is 5.75 Å². The normalized spacial score (nSPS) is 11.0. The van der Waals surface area contributed by atoms with Crippen molar-refractivity contribution in [3.05, 3.63) is 18.2 Å². The lowest BCUT2D eigenvalue weighted by Gasteiger charge is -2.08. The highest BCUT2D eigenvalue weighted by molar-refractivity contribution is 7.91. The molecule has 0 spiro atoms. The summed E-state index contributed by atoms with van der Waals surface area (Å²) in [5, 5.41) is 0. The number of nitrogens with two attached hydrogens (primary N) is 1. The topological polar surface area (TPSA) is 95.7 Å². The number of anilines is 1. The Morgan fingerprint density at radius 3 is 2.56 bits per heavy atom. The molecule has 1 aromatic carbocycles. The smallest absolute Gasteiger partial charge is 0.302 e. The number of benzene rings is 1. The van der Waals surface area contributed by atoms with E-state index in [0.717, 1.165) is 0 Å². The number of carbonyl (C=O) groups excluding carboxylic acids is 1. The second kappa shape index (κ2) is 5.72. The van der Waals surface area contributed by atoms with Gasteiger partial charge in [0.05, 0.1) is 23.4 Å². The highest BCUT2D eigenvalue weighted by atomic mass is 32.2. The maximum atomic E-state index is 11.9. The van der Waals surface area contributed by atoms with Crippen molar-refractivity contribution >= 4 is 21.5 Å². The van der Waals surface area contributed by atoms with Gasteiger partial charge in [0.15, 0.2) is 9.84 Å². The van der Waals surface area contributed by atoms with Crippen molar-refractivity contribution in [2.45, 2.75) is 11.8 Å². The summed E-state index contributed by atoms with van der Waals surface area (Å²) in [5.74, 6) is -0.383. The SMILES string of the molecule is COc1ccc(S(=O)(=O)CCOC(C)=O)cc1N. The fraction of sp³-hybridized carbons (Fsp3) is 0.364. The number of rotatable bonds is 5. The number of ether oxygens (including phenoxy) is 2. The number of methoxy groups -OCH3 is 1. The highest BCUT2D eigenvalue weighted by Crippen LogP contribution is 2.24. The van der Waals surface area contributed by atoms with Gasteiger partial charge in [0.1, 0.15) is 12.4 Å². The van der Waals surface area contributed by atoms with Crippen LogP contribution in [0, 0.1) is 0 Å².